The van der Waals surface area contributed by atoms with Gasteiger partial charge in [0.1, 0.15) is 0 Å². The first kappa shape index (κ1) is 17.4. The summed E-state index contributed by atoms with van der Waals surface area (Å²) in [6.07, 6.45) is 0. The predicted molar refractivity (Wildman–Crippen MR) is 84.0 cm³/mol. The summed E-state index contributed by atoms with van der Waals surface area (Å²) in [7, 11) is 1.43. The molecule has 0 unspecified atom stereocenters. The Morgan fingerprint density at radius 1 is 1.48 bits per heavy atom. The lowest BCUT2D eigenvalue weighted by molar-refractivity contribution is -0.119. The number of nitrogens with zero attached hydrogens (tertiary/aromatic N) is 1. The number of methoxy groups -OCH3 is 1. The molecular weight excluding hydrogens is 324 g/mol. The second-order valence-corrected chi connectivity index (χ2v) is 5.57. The molecule has 1 aromatic rings. The number of carbonyl (C=O) groups is 2. The van der Waals surface area contributed by atoms with Crippen LogP contribution in [0.25, 0.3) is 0 Å². The average molecular weight is 343 g/mol. The van der Waals surface area contributed by atoms with E-state index >= 15 is 0 Å². The first-order chi connectivity index (χ1) is 10.9. The number of halogens is 1. The van der Waals surface area contributed by atoms with E-state index in [-0.39, 0.29) is 35.1 Å². The second-order valence-electron chi connectivity index (χ2n) is 5.17. The van der Waals surface area contributed by atoms with Gasteiger partial charge in [-0.15, -0.1) is 0 Å². The molecule has 0 aliphatic carbocycles. The molecular formula is C15H19ClN2O5. The normalized spacial score (nSPS) is 17.7. The Balaban J connectivity index is 2.27. The van der Waals surface area contributed by atoms with Gasteiger partial charge in [0.25, 0.3) is 11.8 Å². The van der Waals surface area contributed by atoms with Crippen molar-refractivity contribution in [1.82, 2.24) is 4.90 Å². The highest BCUT2D eigenvalue weighted by Gasteiger charge is 2.26. The Bertz CT molecular complexity index is 608. The molecule has 2 N–H and O–H groups in total. The quantitative estimate of drug-likeness (QED) is 0.864. The number of hydrogen-bond donors (Lipinski definition) is 1. The maximum absolute atomic E-state index is 12.6. The fourth-order valence-corrected chi connectivity index (χ4v) is 2.59. The summed E-state index contributed by atoms with van der Waals surface area (Å²) in [5, 5.41) is 0.176. The molecule has 0 bridgehead atoms. The molecule has 1 aliphatic heterocycles. The molecule has 0 spiro atoms. The Hall–Kier alpha value is -1.99. The van der Waals surface area contributed by atoms with Crippen LogP contribution in [0.5, 0.6) is 11.5 Å². The van der Waals surface area contributed by atoms with Gasteiger partial charge in [-0.1, -0.05) is 11.6 Å². The van der Waals surface area contributed by atoms with Gasteiger partial charge in [-0.25, -0.2) is 0 Å². The van der Waals surface area contributed by atoms with Gasteiger partial charge < -0.3 is 24.8 Å². The lowest BCUT2D eigenvalue weighted by atomic mass is 10.1. The molecule has 126 valence electrons. The third-order valence-corrected chi connectivity index (χ3v) is 3.74. The Morgan fingerprint density at radius 2 is 2.22 bits per heavy atom. The van der Waals surface area contributed by atoms with Crippen LogP contribution in [0.2, 0.25) is 5.02 Å². The molecule has 1 fully saturated rings. The molecule has 2 rings (SSSR count). The van der Waals surface area contributed by atoms with Crippen molar-refractivity contribution in [3.8, 4) is 11.5 Å². The molecule has 0 saturated carbocycles. The van der Waals surface area contributed by atoms with Crippen molar-refractivity contribution >= 4 is 23.4 Å². The monoisotopic (exact) mass is 342 g/mol. The van der Waals surface area contributed by atoms with Crippen LogP contribution in [0.1, 0.15) is 17.3 Å². The Kier molecular flexibility index (Phi) is 5.68. The third kappa shape index (κ3) is 4.05. The molecule has 0 aromatic heterocycles. The number of ether oxygens (including phenoxy) is 3. The van der Waals surface area contributed by atoms with E-state index in [1.165, 1.54) is 19.2 Å². The van der Waals surface area contributed by atoms with E-state index in [1.807, 2.05) is 6.92 Å². The molecule has 1 saturated heterocycles. The van der Waals surface area contributed by atoms with Crippen LogP contribution in [0.4, 0.5) is 0 Å². The first-order valence-electron chi connectivity index (χ1n) is 7.11. The van der Waals surface area contributed by atoms with Crippen molar-refractivity contribution in [2.75, 3.05) is 33.5 Å². The minimum atomic E-state index is -0.634. The van der Waals surface area contributed by atoms with Gasteiger partial charge in [0.15, 0.2) is 18.1 Å². The van der Waals surface area contributed by atoms with E-state index in [0.717, 1.165) is 0 Å². The van der Waals surface area contributed by atoms with Crippen LogP contribution in [0.3, 0.4) is 0 Å². The van der Waals surface area contributed by atoms with E-state index in [1.54, 1.807) is 4.90 Å². The number of morpholine rings is 1. The van der Waals surface area contributed by atoms with Gasteiger partial charge in [-0.3, -0.25) is 9.59 Å². The van der Waals surface area contributed by atoms with Crippen LogP contribution in [0.15, 0.2) is 12.1 Å². The molecule has 2 amide bonds. The van der Waals surface area contributed by atoms with E-state index in [9.17, 15) is 9.59 Å². The summed E-state index contributed by atoms with van der Waals surface area (Å²) in [6.45, 7) is 3.10. The van der Waals surface area contributed by atoms with Crippen molar-refractivity contribution in [3.05, 3.63) is 22.7 Å². The lowest BCUT2D eigenvalue weighted by Crippen LogP contribution is -2.47. The summed E-state index contributed by atoms with van der Waals surface area (Å²) in [6, 6.07) is 3.00. The number of benzene rings is 1. The summed E-state index contributed by atoms with van der Waals surface area (Å²) >= 11 is 6.16. The fraction of sp³-hybridized carbons (Fsp3) is 0.467. The molecule has 1 aliphatic rings. The highest BCUT2D eigenvalue weighted by molar-refractivity contribution is 6.32. The average Bonchev–Trinajstić information content (AvgIpc) is 2.52. The molecule has 7 nitrogen and oxygen atoms in total. The summed E-state index contributed by atoms with van der Waals surface area (Å²) in [5.74, 6) is -0.351. The maximum atomic E-state index is 12.6. The maximum Gasteiger partial charge on any atom is 0.255 e. The lowest BCUT2D eigenvalue weighted by Gasteiger charge is -2.33. The van der Waals surface area contributed by atoms with Gasteiger partial charge in [0.05, 0.1) is 31.4 Å². The molecule has 1 atom stereocenters. The van der Waals surface area contributed by atoms with E-state index in [0.29, 0.717) is 25.3 Å². The van der Waals surface area contributed by atoms with Crippen LogP contribution in [-0.2, 0) is 9.53 Å². The van der Waals surface area contributed by atoms with Crippen LogP contribution in [0, 0.1) is 0 Å². The van der Waals surface area contributed by atoms with Gasteiger partial charge in [0.2, 0.25) is 0 Å². The van der Waals surface area contributed by atoms with Gasteiger partial charge >= 0.3 is 0 Å². The van der Waals surface area contributed by atoms with Crippen molar-refractivity contribution in [2.45, 2.75) is 13.0 Å². The number of amides is 2. The highest BCUT2D eigenvalue weighted by atomic mass is 35.5. The topological polar surface area (TPSA) is 91.1 Å². The van der Waals surface area contributed by atoms with Gasteiger partial charge in [-0.2, -0.15) is 0 Å². The smallest absolute Gasteiger partial charge is 0.255 e. The minimum Gasteiger partial charge on any atom is -0.493 e. The number of primary amides is 1. The summed E-state index contributed by atoms with van der Waals surface area (Å²) in [5.41, 5.74) is 5.43. The van der Waals surface area contributed by atoms with Crippen LogP contribution in [-0.4, -0.2) is 56.2 Å². The van der Waals surface area contributed by atoms with Gasteiger partial charge in [0, 0.05) is 12.1 Å². The molecule has 0 radical (unpaired) electrons. The number of rotatable bonds is 5. The van der Waals surface area contributed by atoms with E-state index < -0.39 is 5.91 Å². The largest absolute Gasteiger partial charge is 0.493 e. The zero-order valence-electron chi connectivity index (χ0n) is 13.0. The number of nitrogens with two attached hydrogens (primary N) is 1. The molecule has 8 heteroatoms. The van der Waals surface area contributed by atoms with Crippen molar-refractivity contribution in [1.29, 1.82) is 0 Å². The molecule has 23 heavy (non-hydrogen) atoms. The number of hydrogen-bond acceptors (Lipinski definition) is 5. The van der Waals surface area contributed by atoms with Crippen molar-refractivity contribution < 1.29 is 23.8 Å². The molecule has 1 aromatic carbocycles. The molecule has 1 heterocycles. The third-order valence-electron chi connectivity index (χ3n) is 3.46. The zero-order chi connectivity index (χ0) is 17.0. The predicted octanol–water partition coefficient (Wildman–Crippen LogP) is 1.07. The highest BCUT2D eigenvalue weighted by Crippen LogP contribution is 2.36. The van der Waals surface area contributed by atoms with Crippen molar-refractivity contribution in [3.63, 3.8) is 0 Å². The number of carbonyl (C=O) groups excluding carboxylic acids is 2. The van der Waals surface area contributed by atoms with Crippen LogP contribution < -0.4 is 15.2 Å². The van der Waals surface area contributed by atoms with Gasteiger partial charge in [-0.05, 0) is 19.1 Å². The fourth-order valence-electron chi connectivity index (χ4n) is 2.32. The van der Waals surface area contributed by atoms with Crippen molar-refractivity contribution in [2.24, 2.45) is 5.73 Å². The minimum absolute atomic E-state index is 0.0215. The Labute approximate surface area is 139 Å². The van der Waals surface area contributed by atoms with E-state index in [4.69, 9.17) is 31.5 Å². The summed E-state index contributed by atoms with van der Waals surface area (Å²) in [4.78, 5) is 25.2. The standard InChI is InChI=1S/C15H19ClN2O5/c1-9-7-22-4-3-18(9)15(20)10-5-11(16)14(12(6-10)21-2)23-8-13(17)19/h5-6,9H,3-4,7-8H2,1-2H3,(H2,17,19)/t9-/m1/s1. The Morgan fingerprint density at radius 3 is 2.83 bits per heavy atom. The van der Waals surface area contributed by atoms with E-state index in [2.05, 4.69) is 0 Å². The SMILES string of the molecule is COc1cc(C(=O)N2CCOC[C@H]2C)cc(Cl)c1OCC(N)=O. The zero-order valence-corrected chi connectivity index (χ0v) is 13.8. The first-order valence-corrected chi connectivity index (χ1v) is 7.49. The van der Waals surface area contributed by atoms with Crippen LogP contribution >= 0.6 is 11.6 Å². The summed E-state index contributed by atoms with van der Waals surface area (Å²) < 4.78 is 15.8. The second kappa shape index (κ2) is 7.52.